The molecule has 3 unspecified atom stereocenters. The number of hydrogen-bond donors (Lipinski definition) is 2. The van der Waals surface area contributed by atoms with Crippen molar-refractivity contribution in [3.8, 4) is 0 Å². The molecule has 1 aromatic carbocycles. The van der Waals surface area contributed by atoms with Crippen molar-refractivity contribution >= 4 is 15.7 Å². The fraction of sp³-hybridized carbons (Fsp3) is 0.600. The second-order valence-corrected chi connectivity index (χ2v) is 7.73. The first-order chi connectivity index (χ1) is 9.27. The van der Waals surface area contributed by atoms with Gasteiger partial charge in [-0.25, -0.2) is 13.6 Å². The number of benzene rings is 1. The summed E-state index contributed by atoms with van der Waals surface area (Å²) in [6.45, 7) is 6.50. The fourth-order valence-corrected chi connectivity index (χ4v) is 3.41. The highest BCUT2D eigenvalue weighted by Crippen LogP contribution is 2.31. The molecule has 0 bridgehead atoms. The Morgan fingerprint density at radius 2 is 1.95 bits per heavy atom. The molecule has 2 rings (SSSR count). The number of nitrogens with two attached hydrogens (primary N) is 1. The van der Waals surface area contributed by atoms with Crippen LogP contribution in [0.3, 0.4) is 0 Å². The van der Waals surface area contributed by atoms with Crippen molar-refractivity contribution in [3.05, 3.63) is 23.8 Å². The summed E-state index contributed by atoms with van der Waals surface area (Å²) >= 11 is 0. The van der Waals surface area contributed by atoms with E-state index in [4.69, 9.17) is 5.14 Å². The Hall–Kier alpha value is -1.07. The minimum atomic E-state index is -3.65. The summed E-state index contributed by atoms with van der Waals surface area (Å²) in [6, 6.07) is 5.41. The summed E-state index contributed by atoms with van der Waals surface area (Å²) in [4.78, 5) is 0.169. The molecule has 3 N–H and O–H groups in total. The molecule has 0 saturated heterocycles. The summed E-state index contributed by atoms with van der Waals surface area (Å²) in [5.74, 6) is 1.31. The maximum Gasteiger partial charge on any atom is 0.238 e. The van der Waals surface area contributed by atoms with Gasteiger partial charge in [-0.1, -0.05) is 26.3 Å². The largest absolute Gasteiger partial charge is 0.382 e. The lowest BCUT2D eigenvalue weighted by Gasteiger charge is -2.34. The monoisotopic (exact) mass is 296 g/mol. The average molecular weight is 296 g/mol. The van der Waals surface area contributed by atoms with Crippen LogP contribution < -0.4 is 10.5 Å². The van der Waals surface area contributed by atoms with E-state index in [1.807, 2.05) is 6.92 Å². The third kappa shape index (κ3) is 3.52. The van der Waals surface area contributed by atoms with Crippen LogP contribution in [0.15, 0.2) is 23.1 Å². The lowest BCUT2D eigenvalue weighted by atomic mass is 9.80. The van der Waals surface area contributed by atoms with Crippen molar-refractivity contribution < 1.29 is 8.42 Å². The SMILES string of the molecule is Cc1ccc(S(N)(=O)=O)cc1NC1CC(C)CCC1C. The van der Waals surface area contributed by atoms with Gasteiger partial charge in [-0.3, -0.25) is 0 Å². The number of aryl methyl sites for hydroxylation is 1. The van der Waals surface area contributed by atoms with Crippen molar-refractivity contribution in [2.24, 2.45) is 17.0 Å². The molecule has 0 spiro atoms. The van der Waals surface area contributed by atoms with Crippen molar-refractivity contribution in [1.29, 1.82) is 0 Å². The second kappa shape index (κ2) is 5.74. The normalized spacial score (nSPS) is 27.3. The van der Waals surface area contributed by atoms with Gasteiger partial charge >= 0.3 is 0 Å². The van der Waals surface area contributed by atoms with E-state index >= 15 is 0 Å². The second-order valence-electron chi connectivity index (χ2n) is 6.17. The van der Waals surface area contributed by atoms with Gasteiger partial charge in [0.05, 0.1) is 4.90 Å². The maximum absolute atomic E-state index is 11.5. The Morgan fingerprint density at radius 3 is 2.60 bits per heavy atom. The van der Waals surface area contributed by atoms with Crippen LogP contribution in [-0.2, 0) is 10.0 Å². The molecule has 0 radical (unpaired) electrons. The third-order valence-corrected chi connectivity index (χ3v) is 5.25. The van der Waals surface area contributed by atoms with Gasteiger partial charge in [0, 0.05) is 11.7 Å². The van der Waals surface area contributed by atoms with E-state index in [0.29, 0.717) is 17.9 Å². The van der Waals surface area contributed by atoms with Crippen LogP contribution in [0.5, 0.6) is 0 Å². The molecule has 1 aromatic rings. The van der Waals surface area contributed by atoms with E-state index in [0.717, 1.165) is 17.7 Å². The third-order valence-electron chi connectivity index (χ3n) is 4.34. The Balaban J connectivity index is 2.24. The van der Waals surface area contributed by atoms with Crippen molar-refractivity contribution in [2.75, 3.05) is 5.32 Å². The van der Waals surface area contributed by atoms with Crippen LogP contribution >= 0.6 is 0 Å². The molecule has 5 heteroatoms. The Bertz CT molecular complexity index is 584. The van der Waals surface area contributed by atoms with Crippen LogP contribution in [0.1, 0.15) is 38.7 Å². The zero-order valence-electron chi connectivity index (χ0n) is 12.4. The first-order valence-electron chi connectivity index (χ1n) is 7.17. The van der Waals surface area contributed by atoms with Gasteiger partial charge in [-0.15, -0.1) is 0 Å². The molecule has 0 aromatic heterocycles. The lowest BCUT2D eigenvalue weighted by Crippen LogP contribution is -2.33. The lowest BCUT2D eigenvalue weighted by molar-refractivity contribution is 0.280. The summed E-state index contributed by atoms with van der Waals surface area (Å²) < 4.78 is 22.9. The first-order valence-corrected chi connectivity index (χ1v) is 8.72. The first kappa shape index (κ1) is 15.3. The van der Waals surface area contributed by atoms with Gasteiger partial charge in [0.15, 0.2) is 0 Å². The number of hydrogen-bond acceptors (Lipinski definition) is 3. The van der Waals surface area contributed by atoms with E-state index in [1.54, 1.807) is 18.2 Å². The Kier molecular flexibility index (Phi) is 4.39. The molecule has 0 aliphatic heterocycles. The zero-order chi connectivity index (χ0) is 14.9. The number of rotatable bonds is 3. The van der Waals surface area contributed by atoms with Gasteiger partial charge in [-0.05, 0) is 49.3 Å². The van der Waals surface area contributed by atoms with Crippen LogP contribution in [0.2, 0.25) is 0 Å². The molecule has 3 atom stereocenters. The van der Waals surface area contributed by atoms with Crippen LogP contribution in [0, 0.1) is 18.8 Å². The van der Waals surface area contributed by atoms with Crippen LogP contribution in [-0.4, -0.2) is 14.5 Å². The molecule has 0 amide bonds. The van der Waals surface area contributed by atoms with E-state index in [1.165, 1.54) is 12.8 Å². The van der Waals surface area contributed by atoms with Gasteiger partial charge in [0.2, 0.25) is 10.0 Å². The quantitative estimate of drug-likeness (QED) is 0.901. The summed E-state index contributed by atoms with van der Waals surface area (Å²) in [7, 11) is -3.65. The van der Waals surface area contributed by atoms with Gasteiger partial charge < -0.3 is 5.32 Å². The van der Waals surface area contributed by atoms with Crippen molar-refractivity contribution in [2.45, 2.75) is 51.0 Å². The highest BCUT2D eigenvalue weighted by Gasteiger charge is 2.25. The van der Waals surface area contributed by atoms with E-state index in [2.05, 4.69) is 19.2 Å². The molecule has 1 aliphatic rings. The molecule has 4 nitrogen and oxygen atoms in total. The molecular weight excluding hydrogens is 272 g/mol. The Labute approximate surface area is 121 Å². The van der Waals surface area contributed by atoms with Gasteiger partial charge in [0.25, 0.3) is 0 Å². The van der Waals surface area contributed by atoms with E-state index in [-0.39, 0.29) is 4.90 Å². The van der Waals surface area contributed by atoms with Gasteiger partial charge in [0.1, 0.15) is 0 Å². The fourth-order valence-electron chi connectivity index (χ4n) is 2.87. The van der Waals surface area contributed by atoms with Crippen LogP contribution in [0.25, 0.3) is 0 Å². The van der Waals surface area contributed by atoms with Crippen molar-refractivity contribution in [1.82, 2.24) is 0 Å². The van der Waals surface area contributed by atoms with Gasteiger partial charge in [-0.2, -0.15) is 0 Å². The molecule has 1 fully saturated rings. The smallest absolute Gasteiger partial charge is 0.238 e. The van der Waals surface area contributed by atoms with Crippen LogP contribution in [0.4, 0.5) is 5.69 Å². The van der Waals surface area contributed by atoms with Crippen molar-refractivity contribution in [3.63, 3.8) is 0 Å². The summed E-state index contributed by atoms with van der Waals surface area (Å²) in [5.41, 5.74) is 1.92. The molecule has 0 heterocycles. The summed E-state index contributed by atoms with van der Waals surface area (Å²) in [6.07, 6.45) is 3.61. The predicted molar refractivity (Wildman–Crippen MR) is 82.1 cm³/mol. The minimum absolute atomic E-state index is 0.169. The predicted octanol–water partition coefficient (Wildman–Crippen LogP) is 2.88. The minimum Gasteiger partial charge on any atom is -0.382 e. The zero-order valence-corrected chi connectivity index (χ0v) is 13.2. The number of anilines is 1. The molecule has 112 valence electrons. The highest BCUT2D eigenvalue weighted by molar-refractivity contribution is 7.89. The average Bonchev–Trinajstić information content (AvgIpc) is 2.35. The Morgan fingerprint density at radius 1 is 1.25 bits per heavy atom. The number of primary sulfonamides is 1. The number of nitrogens with one attached hydrogen (secondary N) is 1. The standard InChI is InChI=1S/C15H24N2O2S/c1-10-4-5-11(2)14(8-10)17-15-9-13(20(16,18)19)7-6-12(15)3/h6-7,9-11,14,17H,4-5,8H2,1-3H3,(H2,16,18,19). The molecular formula is C15H24N2O2S. The molecule has 1 saturated carbocycles. The topological polar surface area (TPSA) is 72.2 Å². The number of sulfonamides is 1. The highest BCUT2D eigenvalue weighted by atomic mass is 32.2. The molecule has 1 aliphatic carbocycles. The molecule has 20 heavy (non-hydrogen) atoms. The van der Waals surface area contributed by atoms with E-state index in [9.17, 15) is 8.42 Å². The summed E-state index contributed by atoms with van der Waals surface area (Å²) in [5, 5.41) is 8.72. The van der Waals surface area contributed by atoms with E-state index < -0.39 is 10.0 Å². The maximum atomic E-state index is 11.5.